The lowest BCUT2D eigenvalue weighted by Crippen LogP contribution is -2.34. The highest BCUT2D eigenvalue weighted by molar-refractivity contribution is 4.97. The second-order valence-electron chi connectivity index (χ2n) is 2.92. The van der Waals surface area contributed by atoms with Gasteiger partial charge in [0.2, 0.25) is 0 Å². The number of H-pyrrole nitrogens is 1. The molecule has 0 saturated carbocycles. The third-order valence-electron chi connectivity index (χ3n) is 1.80. The van der Waals surface area contributed by atoms with E-state index in [0.717, 1.165) is 18.7 Å². The summed E-state index contributed by atoms with van der Waals surface area (Å²) in [6.45, 7) is 3.70. The number of aromatic nitrogens is 2. The maximum absolute atomic E-state index is 5.45. The molecule has 0 fully saturated rings. The zero-order valence-corrected chi connectivity index (χ0v) is 7.38. The molecule has 68 valence electrons. The molecule has 12 heavy (non-hydrogen) atoms. The molecule has 0 spiro atoms. The van der Waals surface area contributed by atoms with E-state index in [2.05, 4.69) is 22.4 Å². The molecule has 1 heterocycles. The lowest BCUT2D eigenvalue weighted by molar-refractivity contribution is 0.556. The Labute approximate surface area is 72.5 Å². The van der Waals surface area contributed by atoms with E-state index in [4.69, 9.17) is 5.73 Å². The van der Waals surface area contributed by atoms with Crippen molar-refractivity contribution in [3.8, 4) is 0 Å². The molecule has 4 N–H and O–H groups in total. The first-order chi connectivity index (χ1) is 5.83. The normalized spacial score (nSPS) is 13.2. The molecule has 1 aromatic rings. The molecule has 0 aliphatic carbocycles. The van der Waals surface area contributed by atoms with Crippen LogP contribution in [0.15, 0.2) is 12.3 Å². The first-order valence-electron chi connectivity index (χ1n) is 4.24. The molecular formula is C8H16N4. The zero-order chi connectivity index (χ0) is 8.81. The van der Waals surface area contributed by atoms with Crippen molar-refractivity contribution >= 4 is 0 Å². The van der Waals surface area contributed by atoms with Crippen molar-refractivity contribution in [2.45, 2.75) is 19.4 Å². The Morgan fingerprint density at radius 3 is 3.17 bits per heavy atom. The summed E-state index contributed by atoms with van der Waals surface area (Å²) in [4.78, 5) is 0. The fourth-order valence-electron chi connectivity index (χ4n) is 0.960. The maximum Gasteiger partial charge on any atom is 0.0490 e. The first kappa shape index (κ1) is 9.22. The van der Waals surface area contributed by atoms with E-state index in [1.165, 1.54) is 0 Å². The van der Waals surface area contributed by atoms with Crippen molar-refractivity contribution in [3.63, 3.8) is 0 Å². The Morgan fingerprint density at radius 2 is 2.58 bits per heavy atom. The van der Waals surface area contributed by atoms with Crippen LogP contribution < -0.4 is 11.1 Å². The standard InChI is InChI=1S/C8H16N4/c1-7(6-9)10-4-2-8-3-5-11-12-8/h3,5,7,10H,2,4,6,9H2,1H3,(H,11,12). The molecule has 4 heteroatoms. The number of hydrogen-bond acceptors (Lipinski definition) is 3. The topological polar surface area (TPSA) is 66.7 Å². The van der Waals surface area contributed by atoms with E-state index >= 15 is 0 Å². The quantitative estimate of drug-likeness (QED) is 0.574. The largest absolute Gasteiger partial charge is 0.329 e. The minimum Gasteiger partial charge on any atom is -0.329 e. The van der Waals surface area contributed by atoms with Gasteiger partial charge in [0.05, 0.1) is 0 Å². The van der Waals surface area contributed by atoms with Crippen LogP contribution in [0.1, 0.15) is 12.6 Å². The second-order valence-corrected chi connectivity index (χ2v) is 2.92. The third kappa shape index (κ3) is 3.02. The molecule has 0 amide bonds. The summed E-state index contributed by atoms with van der Waals surface area (Å²) in [5, 5.41) is 10.1. The smallest absolute Gasteiger partial charge is 0.0490 e. The summed E-state index contributed by atoms with van der Waals surface area (Å²) < 4.78 is 0. The molecule has 0 radical (unpaired) electrons. The minimum atomic E-state index is 0.396. The minimum absolute atomic E-state index is 0.396. The van der Waals surface area contributed by atoms with Crippen molar-refractivity contribution in [3.05, 3.63) is 18.0 Å². The van der Waals surface area contributed by atoms with Gasteiger partial charge < -0.3 is 11.1 Å². The van der Waals surface area contributed by atoms with Crippen LogP contribution in [0.2, 0.25) is 0 Å². The van der Waals surface area contributed by atoms with Gasteiger partial charge in [-0.25, -0.2) is 0 Å². The third-order valence-corrected chi connectivity index (χ3v) is 1.80. The van der Waals surface area contributed by atoms with E-state index in [-0.39, 0.29) is 0 Å². The monoisotopic (exact) mass is 168 g/mol. The van der Waals surface area contributed by atoms with Gasteiger partial charge in [-0.3, -0.25) is 5.10 Å². The van der Waals surface area contributed by atoms with Gasteiger partial charge in [-0.15, -0.1) is 0 Å². The van der Waals surface area contributed by atoms with Crippen LogP contribution in [-0.4, -0.2) is 29.3 Å². The Morgan fingerprint density at radius 1 is 1.75 bits per heavy atom. The van der Waals surface area contributed by atoms with Crippen LogP contribution in [0.4, 0.5) is 0 Å². The van der Waals surface area contributed by atoms with Crippen molar-refractivity contribution in [1.82, 2.24) is 15.5 Å². The van der Waals surface area contributed by atoms with Gasteiger partial charge in [0.15, 0.2) is 0 Å². The molecule has 0 aliphatic rings. The van der Waals surface area contributed by atoms with E-state index in [9.17, 15) is 0 Å². The van der Waals surface area contributed by atoms with Gasteiger partial charge in [0, 0.05) is 37.4 Å². The van der Waals surface area contributed by atoms with Gasteiger partial charge in [0.25, 0.3) is 0 Å². The zero-order valence-electron chi connectivity index (χ0n) is 7.38. The molecule has 1 rings (SSSR count). The van der Waals surface area contributed by atoms with Crippen molar-refractivity contribution < 1.29 is 0 Å². The van der Waals surface area contributed by atoms with Crippen LogP contribution in [0.25, 0.3) is 0 Å². The van der Waals surface area contributed by atoms with Gasteiger partial charge in [-0.1, -0.05) is 0 Å². The van der Waals surface area contributed by atoms with Crippen molar-refractivity contribution in [2.75, 3.05) is 13.1 Å². The predicted octanol–water partition coefficient (Wildman–Crippen LogP) is -0.111. The van der Waals surface area contributed by atoms with E-state index in [0.29, 0.717) is 12.6 Å². The summed E-state index contributed by atoms with van der Waals surface area (Å²) in [7, 11) is 0. The lowest BCUT2D eigenvalue weighted by atomic mass is 10.3. The van der Waals surface area contributed by atoms with Crippen LogP contribution in [0.3, 0.4) is 0 Å². The summed E-state index contributed by atoms with van der Waals surface area (Å²) in [6, 6.07) is 2.38. The summed E-state index contributed by atoms with van der Waals surface area (Å²) >= 11 is 0. The fraction of sp³-hybridized carbons (Fsp3) is 0.625. The molecule has 1 aromatic heterocycles. The van der Waals surface area contributed by atoms with Crippen LogP contribution in [0.5, 0.6) is 0 Å². The number of nitrogens with zero attached hydrogens (tertiary/aromatic N) is 1. The molecule has 0 aliphatic heterocycles. The first-order valence-corrected chi connectivity index (χ1v) is 4.24. The number of hydrogen-bond donors (Lipinski definition) is 3. The maximum atomic E-state index is 5.45. The highest BCUT2D eigenvalue weighted by Gasteiger charge is 1.97. The number of nitrogens with one attached hydrogen (secondary N) is 2. The van der Waals surface area contributed by atoms with E-state index in [1.54, 1.807) is 6.20 Å². The van der Waals surface area contributed by atoms with E-state index in [1.807, 2.05) is 6.07 Å². The Balaban J connectivity index is 2.11. The Hall–Kier alpha value is -0.870. The lowest BCUT2D eigenvalue weighted by Gasteiger charge is -2.09. The van der Waals surface area contributed by atoms with Crippen molar-refractivity contribution in [1.29, 1.82) is 0 Å². The highest BCUT2D eigenvalue weighted by atomic mass is 15.1. The van der Waals surface area contributed by atoms with Gasteiger partial charge in [-0.2, -0.15) is 5.10 Å². The Bertz CT molecular complexity index is 195. The molecule has 0 saturated heterocycles. The summed E-state index contributed by atoms with van der Waals surface area (Å²) in [5.74, 6) is 0. The fourth-order valence-corrected chi connectivity index (χ4v) is 0.960. The number of rotatable bonds is 5. The van der Waals surface area contributed by atoms with Crippen LogP contribution in [0, 0.1) is 0 Å². The van der Waals surface area contributed by atoms with Gasteiger partial charge >= 0.3 is 0 Å². The van der Waals surface area contributed by atoms with E-state index < -0.39 is 0 Å². The van der Waals surface area contributed by atoms with Gasteiger partial charge in [0.1, 0.15) is 0 Å². The SMILES string of the molecule is CC(CN)NCCc1ccn[nH]1. The second kappa shape index (κ2) is 4.90. The molecule has 0 bridgehead atoms. The molecule has 1 atom stereocenters. The van der Waals surface area contributed by atoms with Crippen LogP contribution in [-0.2, 0) is 6.42 Å². The number of aromatic amines is 1. The highest BCUT2D eigenvalue weighted by Crippen LogP contribution is 1.91. The molecule has 4 nitrogen and oxygen atoms in total. The molecule has 1 unspecified atom stereocenters. The predicted molar refractivity (Wildman–Crippen MR) is 48.8 cm³/mol. The molecule has 0 aromatic carbocycles. The summed E-state index contributed by atoms with van der Waals surface area (Å²) in [5.41, 5.74) is 6.61. The van der Waals surface area contributed by atoms with Crippen molar-refractivity contribution in [2.24, 2.45) is 5.73 Å². The Kier molecular flexibility index (Phi) is 3.76. The van der Waals surface area contributed by atoms with Gasteiger partial charge in [-0.05, 0) is 13.0 Å². The van der Waals surface area contributed by atoms with Crippen LogP contribution >= 0.6 is 0 Å². The average molecular weight is 168 g/mol. The summed E-state index contributed by atoms with van der Waals surface area (Å²) in [6.07, 6.45) is 2.74. The average Bonchev–Trinajstić information content (AvgIpc) is 2.57. The molecular weight excluding hydrogens is 152 g/mol. The number of nitrogens with two attached hydrogens (primary N) is 1.